The van der Waals surface area contributed by atoms with E-state index in [9.17, 15) is 12.8 Å². The first-order valence-corrected chi connectivity index (χ1v) is 8.52. The van der Waals surface area contributed by atoms with Crippen molar-refractivity contribution in [1.82, 2.24) is 4.72 Å². The molecule has 0 saturated heterocycles. The van der Waals surface area contributed by atoms with Crippen molar-refractivity contribution in [2.45, 2.75) is 32.2 Å². The van der Waals surface area contributed by atoms with E-state index in [1.165, 1.54) is 23.5 Å². The Bertz CT molecular complexity index is 712. The van der Waals surface area contributed by atoms with Crippen molar-refractivity contribution in [2.24, 2.45) is 0 Å². The topological polar surface area (TPSA) is 46.2 Å². The van der Waals surface area contributed by atoms with Gasteiger partial charge in [-0.2, -0.15) is 11.3 Å². The van der Waals surface area contributed by atoms with E-state index in [1.54, 1.807) is 13.8 Å². The van der Waals surface area contributed by atoms with E-state index >= 15 is 0 Å². The summed E-state index contributed by atoms with van der Waals surface area (Å²) in [5, 5.41) is 3.89. The quantitative estimate of drug-likeness (QED) is 0.941. The van der Waals surface area contributed by atoms with Crippen molar-refractivity contribution < 1.29 is 12.8 Å². The van der Waals surface area contributed by atoms with E-state index in [0.29, 0.717) is 11.1 Å². The summed E-state index contributed by atoms with van der Waals surface area (Å²) in [6.07, 6.45) is 0. The predicted molar refractivity (Wildman–Crippen MR) is 79.0 cm³/mol. The average Bonchev–Trinajstić information content (AvgIpc) is 2.70. The van der Waals surface area contributed by atoms with E-state index in [4.69, 9.17) is 0 Å². The molecule has 1 heterocycles. The maximum Gasteiger partial charge on any atom is 0.241 e. The van der Waals surface area contributed by atoms with Crippen LogP contribution < -0.4 is 4.72 Å². The Morgan fingerprint density at radius 2 is 1.70 bits per heavy atom. The molecule has 2 rings (SSSR count). The third-order valence-electron chi connectivity index (χ3n) is 3.11. The molecule has 0 aliphatic carbocycles. The molecule has 0 radical (unpaired) electrons. The monoisotopic (exact) mass is 313 g/mol. The molecule has 1 aromatic heterocycles. The Kier molecular flexibility index (Phi) is 4.27. The largest absolute Gasteiger partial charge is 0.241 e. The molecular weight excluding hydrogens is 297 g/mol. The van der Waals surface area contributed by atoms with Crippen LogP contribution in [0.1, 0.15) is 22.3 Å². The van der Waals surface area contributed by atoms with E-state index in [1.807, 2.05) is 17.7 Å². The zero-order chi connectivity index (χ0) is 14.9. The van der Waals surface area contributed by atoms with Gasteiger partial charge in [-0.15, -0.1) is 0 Å². The molecule has 0 fully saturated rings. The van der Waals surface area contributed by atoms with Crippen molar-refractivity contribution in [1.29, 1.82) is 0 Å². The van der Waals surface area contributed by atoms with Crippen LogP contribution in [0.5, 0.6) is 0 Å². The van der Waals surface area contributed by atoms with Crippen LogP contribution in [0, 0.1) is 26.6 Å². The summed E-state index contributed by atoms with van der Waals surface area (Å²) in [5.74, 6) is -0.423. The summed E-state index contributed by atoms with van der Waals surface area (Å²) < 4.78 is 40.5. The highest BCUT2D eigenvalue weighted by Gasteiger charge is 2.20. The van der Waals surface area contributed by atoms with Crippen LogP contribution in [0.15, 0.2) is 27.8 Å². The van der Waals surface area contributed by atoms with E-state index in [2.05, 4.69) is 4.72 Å². The van der Waals surface area contributed by atoms with Gasteiger partial charge in [0.2, 0.25) is 10.0 Å². The maximum atomic E-state index is 13.2. The zero-order valence-electron chi connectivity index (χ0n) is 11.5. The second kappa shape index (κ2) is 5.63. The lowest BCUT2D eigenvalue weighted by atomic mass is 10.1. The Morgan fingerprint density at radius 1 is 1.10 bits per heavy atom. The minimum absolute atomic E-state index is 0.159. The first-order chi connectivity index (χ1) is 9.31. The molecule has 0 atom stereocenters. The van der Waals surface area contributed by atoms with Crippen LogP contribution in [0.25, 0.3) is 0 Å². The minimum Gasteiger partial charge on any atom is -0.207 e. The third-order valence-corrected chi connectivity index (χ3v) is 5.72. The first-order valence-electron chi connectivity index (χ1n) is 6.09. The number of aryl methyl sites for hydroxylation is 3. The van der Waals surface area contributed by atoms with Gasteiger partial charge in [-0.25, -0.2) is 17.5 Å². The summed E-state index contributed by atoms with van der Waals surface area (Å²) in [6.45, 7) is 5.38. The summed E-state index contributed by atoms with van der Waals surface area (Å²) in [7, 11) is -3.64. The van der Waals surface area contributed by atoms with Crippen LogP contribution in [-0.4, -0.2) is 8.42 Å². The first kappa shape index (κ1) is 15.2. The molecule has 20 heavy (non-hydrogen) atoms. The van der Waals surface area contributed by atoms with Crippen molar-refractivity contribution in [3.8, 4) is 0 Å². The summed E-state index contributed by atoms with van der Waals surface area (Å²) >= 11 is 1.54. The second-order valence-corrected chi connectivity index (χ2v) is 7.22. The number of nitrogens with one attached hydrogen (secondary N) is 1. The van der Waals surface area contributed by atoms with Gasteiger partial charge in [0.15, 0.2) is 0 Å². The molecule has 0 amide bonds. The van der Waals surface area contributed by atoms with Gasteiger partial charge in [0.05, 0.1) is 4.90 Å². The molecule has 0 aliphatic rings. The number of halogens is 1. The predicted octanol–water partition coefficient (Wildman–Crippen LogP) is 3.29. The fourth-order valence-electron chi connectivity index (χ4n) is 2.13. The molecule has 1 aromatic carbocycles. The molecule has 108 valence electrons. The van der Waals surface area contributed by atoms with Crippen LogP contribution >= 0.6 is 11.3 Å². The molecule has 6 heteroatoms. The summed E-state index contributed by atoms with van der Waals surface area (Å²) in [6, 6.07) is 2.47. The number of rotatable bonds is 4. The highest BCUT2D eigenvalue weighted by atomic mass is 32.2. The molecule has 2 aromatic rings. The van der Waals surface area contributed by atoms with Gasteiger partial charge < -0.3 is 0 Å². The van der Waals surface area contributed by atoms with Crippen LogP contribution in [-0.2, 0) is 16.6 Å². The number of hydrogen-bond acceptors (Lipinski definition) is 3. The van der Waals surface area contributed by atoms with E-state index in [0.717, 1.165) is 11.1 Å². The van der Waals surface area contributed by atoms with E-state index < -0.39 is 15.8 Å². The molecule has 1 N–H and O–H groups in total. The van der Waals surface area contributed by atoms with Gasteiger partial charge in [-0.3, -0.25) is 0 Å². The van der Waals surface area contributed by atoms with Crippen molar-refractivity contribution in [3.05, 3.63) is 51.0 Å². The van der Waals surface area contributed by atoms with E-state index in [-0.39, 0.29) is 11.4 Å². The molecule has 0 bridgehead atoms. The molecule has 0 spiro atoms. The van der Waals surface area contributed by atoms with Gasteiger partial charge >= 0.3 is 0 Å². The minimum atomic E-state index is -3.64. The Morgan fingerprint density at radius 3 is 2.20 bits per heavy atom. The molecule has 0 saturated carbocycles. The van der Waals surface area contributed by atoms with Gasteiger partial charge in [-0.05, 0) is 65.9 Å². The smallest absolute Gasteiger partial charge is 0.207 e. The Balaban J connectivity index is 2.30. The average molecular weight is 313 g/mol. The zero-order valence-corrected chi connectivity index (χ0v) is 13.2. The van der Waals surface area contributed by atoms with Gasteiger partial charge in [0.25, 0.3) is 0 Å². The van der Waals surface area contributed by atoms with Crippen LogP contribution in [0.2, 0.25) is 0 Å². The summed E-state index contributed by atoms with van der Waals surface area (Å²) in [4.78, 5) is 0.159. The molecular formula is C14H16FNO2S2. The summed E-state index contributed by atoms with van der Waals surface area (Å²) in [5.41, 5.74) is 2.84. The van der Waals surface area contributed by atoms with Crippen LogP contribution in [0.4, 0.5) is 4.39 Å². The van der Waals surface area contributed by atoms with Gasteiger partial charge in [0.1, 0.15) is 5.82 Å². The van der Waals surface area contributed by atoms with Crippen molar-refractivity contribution in [2.75, 3.05) is 0 Å². The Hall–Kier alpha value is -1.24. The van der Waals surface area contributed by atoms with Crippen LogP contribution in [0.3, 0.4) is 0 Å². The van der Waals surface area contributed by atoms with Crippen molar-refractivity contribution in [3.63, 3.8) is 0 Å². The maximum absolute atomic E-state index is 13.2. The fourth-order valence-corrected chi connectivity index (χ4v) is 4.45. The molecule has 0 unspecified atom stereocenters. The Labute approximate surface area is 122 Å². The lowest BCUT2D eigenvalue weighted by Crippen LogP contribution is -2.25. The SMILES string of the molecule is Cc1cscc1CNS(=O)(=O)c1c(C)cc(F)cc1C. The second-order valence-electron chi connectivity index (χ2n) is 4.77. The number of benzene rings is 1. The highest BCUT2D eigenvalue weighted by Crippen LogP contribution is 2.22. The van der Waals surface area contributed by atoms with Crippen molar-refractivity contribution >= 4 is 21.4 Å². The fraction of sp³-hybridized carbons (Fsp3) is 0.286. The number of thiophene rings is 1. The normalized spacial score (nSPS) is 11.8. The standard InChI is InChI=1S/C14H16FNO2S2/c1-9-4-13(15)5-10(2)14(9)20(17,18)16-6-12-8-19-7-11(12)3/h4-5,7-8,16H,6H2,1-3H3. The molecule has 0 aliphatic heterocycles. The lowest BCUT2D eigenvalue weighted by Gasteiger charge is -2.12. The molecule has 3 nitrogen and oxygen atoms in total. The number of hydrogen-bond donors (Lipinski definition) is 1. The number of sulfonamides is 1. The highest BCUT2D eigenvalue weighted by molar-refractivity contribution is 7.89. The third kappa shape index (κ3) is 3.08. The van der Waals surface area contributed by atoms with Gasteiger partial charge in [0, 0.05) is 6.54 Å². The van der Waals surface area contributed by atoms with Gasteiger partial charge in [-0.1, -0.05) is 0 Å². The lowest BCUT2D eigenvalue weighted by molar-refractivity contribution is 0.578.